The van der Waals surface area contributed by atoms with Crippen LogP contribution in [-0.4, -0.2) is 23.9 Å². The number of alkyl halides is 6. The molecule has 19 heavy (non-hydrogen) atoms. The predicted octanol–water partition coefficient (Wildman–Crippen LogP) is 3.39. The number of carbonyl (C=O) groups is 2. The molecule has 0 saturated heterocycles. The van der Waals surface area contributed by atoms with Crippen LogP contribution in [0.5, 0.6) is 0 Å². The van der Waals surface area contributed by atoms with E-state index in [-0.39, 0.29) is 11.0 Å². The first-order valence-corrected chi connectivity index (χ1v) is 5.39. The topological polar surface area (TPSA) is 34.1 Å². The Morgan fingerprint density at radius 3 is 1.79 bits per heavy atom. The SMILES string of the molecule is O=C(C(=Cc1cccs1)C(=O)C(F)(F)F)C(F)(F)F. The summed E-state index contributed by atoms with van der Waals surface area (Å²) in [6.07, 6.45) is -10.8. The lowest BCUT2D eigenvalue weighted by molar-refractivity contribution is -0.175. The minimum Gasteiger partial charge on any atom is -0.284 e. The smallest absolute Gasteiger partial charge is 0.284 e. The molecule has 1 aromatic heterocycles. The summed E-state index contributed by atoms with van der Waals surface area (Å²) >= 11 is 0.792. The molecule has 0 unspecified atom stereocenters. The molecule has 0 radical (unpaired) electrons. The van der Waals surface area contributed by atoms with E-state index in [1.807, 2.05) is 0 Å². The Labute approximate surface area is 106 Å². The molecular formula is C10H4F6O2S. The zero-order valence-corrected chi connectivity index (χ0v) is 9.62. The third-order valence-electron chi connectivity index (χ3n) is 1.83. The lowest BCUT2D eigenvalue weighted by Gasteiger charge is -2.10. The second-order valence-corrected chi connectivity index (χ2v) is 4.21. The number of allylic oxidation sites excluding steroid dienone is 1. The van der Waals surface area contributed by atoms with Crippen molar-refractivity contribution in [2.45, 2.75) is 12.4 Å². The Morgan fingerprint density at radius 1 is 1.00 bits per heavy atom. The maximum Gasteiger partial charge on any atom is 0.455 e. The van der Waals surface area contributed by atoms with Gasteiger partial charge in [0.2, 0.25) is 0 Å². The molecule has 1 aromatic rings. The van der Waals surface area contributed by atoms with Crippen molar-refractivity contribution in [1.29, 1.82) is 0 Å². The van der Waals surface area contributed by atoms with Gasteiger partial charge in [0.05, 0.1) is 5.57 Å². The quantitative estimate of drug-likeness (QED) is 0.371. The first kappa shape index (κ1) is 15.4. The first-order valence-electron chi connectivity index (χ1n) is 4.51. The molecule has 0 atom stereocenters. The molecule has 0 spiro atoms. The fourth-order valence-corrected chi connectivity index (χ4v) is 1.71. The molecule has 0 saturated carbocycles. The minimum atomic E-state index is -5.55. The summed E-state index contributed by atoms with van der Waals surface area (Å²) in [4.78, 5) is 21.7. The lowest BCUT2D eigenvalue weighted by Crippen LogP contribution is -2.34. The monoisotopic (exact) mass is 302 g/mol. The summed E-state index contributed by atoms with van der Waals surface area (Å²) in [5.41, 5.74) is -1.94. The van der Waals surface area contributed by atoms with Crippen molar-refractivity contribution in [1.82, 2.24) is 0 Å². The van der Waals surface area contributed by atoms with E-state index in [4.69, 9.17) is 0 Å². The number of rotatable bonds is 3. The highest BCUT2D eigenvalue weighted by atomic mass is 32.1. The Hall–Kier alpha value is -1.64. The predicted molar refractivity (Wildman–Crippen MR) is 54.4 cm³/mol. The van der Waals surface area contributed by atoms with Crippen LogP contribution in [0.4, 0.5) is 26.3 Å². The van der Waals surface area contributed by atoms with Crippen molar-refractivity contribution >= 4 is 29.0 Å². The normalized spacial score (nSPS) is 12.1. The Balaban J connectivity index is 3.28. The number of carbonyl (C=O) groups excluding carboxylic acids is 2. The highest BCUT2D eigenvalue weighted by Crippen LogP contribution is 2.29. The largest absolute Gasteiger partial charge is 0.455 e. The van der Waals surface area contributed by atoms with Gasteiger partial charge in [0.25, 0.3) is 11.6 Å². The number of hydrogen-bond acceptors (Lipinski definition) is 3. The van der Waals surface area contributed by atoms with E-state index in [0.29, 0.717) is 0 Å². The molecule has 1 heterocycles. The van der Waals surface area contributed by atoms with Gasteiger partial charge in [-0.05, 0) is 17.5 Å². The van der Waals surface area contributed by atoms with Gasteiger partial charge in [-0.25, -0.2) is 0 Å². The molecule has 0 aromatic carbocycles. The Morgan fingerprint density at radius 2 is 1.47 bits per heavy atom. The number of halogens is 6. The Kier molecular flexibility index (Phi) is 4.18. The zero-order chi connectivity index (χ0) is 14.8. The molecule has 0 aliphatic heterocycles. The molecule has 9 heteroatoms. The maximum absolute atomic E-state index is 12.2. The van der Waals surface area contributed by atoms with Crippen LogP contribution in [0.15, 0.2) is 23.1 Å². The number of ketones is 2. The van der Waals surface area contributed by atoms with Gasteiger partial charge in [0.1, 0.15) is 0 Å². The summed E-state index contributed by atoms with van der Waals surface area (Å²) in [5.74, 6) is -5.63. The first-order chi connectivity index (χ1) is 8.53. The zero-order valence-electron chi connectivity index (χ0n) is 8.80. The van der Waals surface area contributed by atoms with Crippen molar-refractivity contribution in [3.63, 3.8) is 0 Å². The summed E-state index contributed by atoms with van der Waals surface area (Å²) in [5, 5.41) is 1.37. The van der Waals surface area contributed by atoms with Gasteiger partial charge < -0.3 is 0 Å². The van der Waals surface area contributed by atoms with E-state index in [0.717, 1.165) is 11.3 Å². The van der Waals surface area contributed by atoms with Crippen LogP contribution in [0.1, 0.15) is 4.88 Å². The lowest BCUT2D eigenvalue weighted by atomic mass is 10.0. The van der Waals surface area contributed by atoms with Crippen LogP contribution in [-0.2, 0) is 9.59 Å². The van der Waals surface area contributed by atoms with Gasteiger partial charge in [-0.15, -0.1) is 11.3 Å². The second kappa shape index (κ2) is 5.16. The van der Waals surface area contributed by atoms with Gasteiger partial charge in [-0.3, -0.25) is 9.59 Å². The molecule has 0 fully saturated rings. The van der Waals surface area contributed by atoms with E-state index < -0.39 is 29.5 Å². The van der Waals surface area contributed by atoms with Crippen molar-refractivity contribution in [3.8, 4) is 0 Å². The maximum atomic E-state index is 12.2. The van der Waals surface area contributed by atoms with Crippen LogP contribution in [0.3, 0.4) is 0 Å². The fourth-order valence-electron chi connectivity index (χ4n) is 1.06. The third kappa shape index (κ3) is 3.91. The standard InChI is InChI=1S/C10H4F6O2S/c11-9(12,13)7(17)6(8(18)10(14,15)16)4-5-2-1-3-19-5/h1-4H. The summed E-state index contributed by atoms with van der Waals surface area (Å²) in [6.45, 7) is 0. The van der Waals surface area contributed by atoms with E-state index in [1.54, 1.807) is 0 Å². The van der Waals surface area contributed by atoms with Crippen LogP contribution >= 0.6 is 11.3 Å². The van der Waals surface area contributed by atoms with E-state index >= 15 is 0 Å². The van der Waals surface area contributed by atoms with E-state index in [1.165, 1.54) is 17.5 Å². The number of thiophene rings is 1. The van der Waals surface area contributed by atoms with Gasteiger partial charge in [-0.2, -0.15) is 26.3 Å². The van der Waals surface area contributed by atoms with Gasteiger partial charge in [0.15, 0.2) is 0 Å². The number of Topliss-reactive ketones (excluding diaryl/α,β-unsaturated/α-hetero) is 2. The molecule has 0 bridgehead atoms. The van der Waals surface area contributed by atoms with Crippen LogP contribution in [0.2, 0.25) is 0 Å². The summed E-state index contributed by atoms with van der Waals surface area (Å²) < 4.78 is 73.0. The molecular weight excluding hydrogens is 298 g/mol. The molecule has 0 amide bonds. The third-order valence-corrected chi connectivity index (χ3v) is 2.65. The Bertz CT molecular complexity index is 481. The van der Waals surface area contributed by atoms with E-state index in [9.17, 15) is 35.9 Å². The van der Waals surface area contributed by atoms with Gasteiger partial charge >= 0.3 is 12.4 Å². The molecule has 1 rings (SSSR count). The second-order valence-electron chi connectivity index (χ2n) is 3.23. The van der Waals surface area contributed by atoms with Crippen LogP contribution in [0, 0.1) is 0 Å². The average molecular weight is 302 g/mol. The van der Waals surface area contributed by atoms with Gasteiger partial charge in [-0.1, -0.05) is 6.07 Å². The highest BCUT2D eigenvalue weighted by molar-refractivity contribution is 7.10. The fraction of sp³-hybridized carbons (Fsp3) is 0.200. The average Bonchev–Trinajstić information content (AvgIpc) is 2.74. The highest BCUT2D eigenvalue weighted by Gasteiger charge is 2.50. The molecule has 2 nitrogen and oxygen atoms in total. The summed E-state index contributed by atoms with van der Waals surface area (Å²) in [7, 11) is 0. The van der Waals surface area contributed by atoms with Gasteiger partial charge in [0, 0.05) is 4.88 Å². The number of hydrogen-bond donors (Lipinski definition) is 0. The van der Waals surface area contributed by atoms with Crippen molar-refractivity contribution in [2.24, 2.45) is 0 Å². The van der Waals surface area contributed by atoms with Crippen molar-refractivity contribution < 1.29 is 35.9 Å². The van der Waals surface area contributed by atoms with Crippen molar-refractivity contribution in [2.75, 3.05) is 0 Å². The minimum absolute atomic E-state index is 0.0646. The van der Waals surface area contributed by atoms with E-state index in [2.05, 4.69) is 0 Å². The van der Waals surface area contributed by atoms with Crippen LogP contribution in [0.25, 0.3) is 6.08 Å². The summed E-state index contributed by atoms with van der Waals surface area (Å²) in [6, 6.07) is 2.53. The van der Waals surface area contributed by atoms with Crippen LogP contribution < -0.4 is 0 Å². The molecule has 0 aliphatic rings. The van der Waals surface area contributed by atoms with Crippen molar-refractivity contribution in [3.05, 3.63) is 28.0 Å². The molecule has 0 N–H and O–H groups in total. The molecule has 104 valence electrons. The molecule has 0 aliphatic carbocycles.